The van der Waals surface area contributed by atoms with E-state index in [0.717, 1.165) is 12.8 Å². The third-order valence-corrected chi connectivity index (χ3v) is 2.19. The topological polar surface area (TPSA) is 18.5 Å². The van der Waals surface area contributed by atoms with Gasteiger partial charge >= 0.3 is 0 Å². The van der Waals surface area contributed by atoms with E-state index in [2.05, 4.69) is 13.8 Å². The van der Waals surface area contributed by atoms with E-state index >= 15 is 0 Å². The first-order valence-electron chi connectivity index (χ1n) is 3.96. The molecule has 0 aromatic rings. The van der Waals surface area contributed by atoms with Crippen LogP contribution in [0.15, 0.2) is 0 Å². The number of rotatable bonds is 2. The van der Waals surface area contributed by atoms with Crippen LogP contribution in [-0.2, 0) is 9.47 Å². The van der Waals surface area contributed by atoms with Gasteiger partial charge in [-0.05, 0) is 12.3 Å². The quantitative estimate of drug-likeness (QED) is 0.588. The second-order valence-corrected chi connectivity index (χ2v) is 2.96. The Morgan fingerprint density at radius 1 is 1.60 bits per heavy atom. The maximum absolute atomic E-state index is 5.55. The van der Waals surface area contributed by atoms with E-state index in [-0.39, 0.29) is 6.29 Å². The monoisotopic (exact) mass is 144 g/mol. The number of ether oxygens (including phenoxy) is 2. The Morgan fingerprint density at radius 2 is 2.30 bits per heavy atom. The van der Waals surface area contributed by atoms with Gasteiger partial charge in [-0.25, -0.2) is 0 Å². The van der Waals surface area contributed by atoms with Gasteiger partial charge in [-0.15, -0.1) is 0 Å². The van der Waals surface area contributed by atoms with Crippen LogP contribution >= 0.6 is 0 Å². The zero-order valence-corrected chi connectivity index (χ0v) is 6.96. The summed E-state index contributed by atoms with van der Waals surface area (Å²) in [7, 11) is 1.70. The molecular weight excluding hydrogens is 128 g/mol. The molecule has 0 spiro atoms. The molecule has 0 radical (unpaired) electrons. The lowest BCUT2D eigenvalue weighted by atomic mass is 10.0. The highest BCUT2D eigenvalue weighted by Gasteiger charge is 2.30. The van der Waals surface area contributed by atoms with Crippen molar-refractivity contribution in [3.63, 3.8) is 0 Å². The van der Waals surface area contributed by atoms with Crippen LogP contribution in [0, 0.1) is 5.92 Å². The number of methoxy groups -OCH3 is 1. The number of hydrogen-bond donors (Lipinski definition) is 0. The average molecular weight is 144 g/mol. The summed E-state index contributed by atoms with van der Waals surface area (Å²) in [5.41, 5.74) is 0. The van der Waals surface area contributed by atoms with Gasteiger partial charge < -0.3 is 9.47 Å². The fraction of sp³-hybridized carbons (Fsp3) is 1.00. The van der Waals surface area contributed by atoms with E-state index in [1.807, 2.05) is 0 Å². The molecule has 60 valence electrons. The molecule has 1 fully saturated rings. The van der Waals surface area contributed by atoms with Crippen molar-refractivity contribution < 1.29 is 9.47 Å². The summed E-state index contributed by atoms with van der Waals surface area (Å²) in [5, 5.41) is 0. The van der Waals surface area contributed by atoms with Gasteiger partial charge in [0.05, 0.1) is 6.10 Å². The van der Waals surface area contributed by atoms with Gasteiger partial charge in [0.2, 0.25) is 0 Å². The highest BCUT2D eigenvalue weighted by atomic mass is 16.7. The molecule has 0 bridgehead atoms. The standard InChI is InChI=1S/C8H16O2/c1-4-7-6(2)5-8(9-3)10-7/h6-8H,4-5H2,1-3H3. The Morgan fingerprint density at radius 3 is 2.60 bits per heavy atom. The average Bonchev–Trinajstić information content (AvgIpc) is 2.30. The Hall–Kier alpha value is -0.0800. The van der Waals surface area contributed by atoms with Crippen LogP contribution < -0.4 is 0 Å². The molecule has 1 saturated heterocycles. The molecule has 1 aliphatic heterocycles. The highest BCUT2D eigenvalue weighted by Crippen LogP contribution is 2.27. The van der Waals surface area contributed by atoms with Gasteiger partial charge in [-0.3, -0.25) is 0 Å². The van der Waals surface area contributed by atoms with Gasteiger partial charge in [0.1, 0.15) is 0 Å². The lowest BCUT2D eigenvalue weighted by Crippen LogP contribution is -2.13. The van der Waals surface area contributed by atoms with Crippen LogP contribution in [-0.4, -0.2) is 19.5 Å². The molecular formula is C8H16O2. The fourth-order valence-corrected chi connectivity index (χ4v) is 1.49. The van der Waals surface area contributed by atoms with E-state index in [9.17, 15) is 0 Å². The maximum atomic E-state index is 5.55. The van der Waals surface area contributed by atoms with Crippen molar-refractivity contribution in [3.8, 4) is 0 Å². The predicted molar refractivity (Wildman–Crippen MR) is 39.7 cm³/mol. The SMILES string of the molecule is CCC1OC(OC)CC1C. The van der Waals surface area contributed by atoms with Crippen molar-refractivity contribution in [2.75, 3.05) is 7.11 Å². The molecule has 0 aromatic heterocycles. The van der Waals surface area contributed by atoms with Crippen LogP contribution in [0.5, 0.6) is 0 Å². The first-order chi connectivity index (χ1) is 4.77. The minimum Gasteiger partial charge on any atom is -0.356 e. The first-order valence-corrected chi connectivity index (χ1v) is 3.96. The minimum atomic E-state index is 0.0555. The van der Waals surface area contributed by atoms with E-state index in [4.69, 9.17) is 9.47 Å². The summed E-state index contributed by atoms with van der Waals surface area (Å²) in [5.74, 6) is 0.662. The highest BCUT2D eigenvalue weighted by molar-refractivity contribution is 4.73. The van der Waals surface area contributed by atoms with E-state index < -0.39 is 0 Å². The molecule has 3 unspecified atom stereocenters. The van der Waals surface area contributed by atoms with Crippen LogP contribution in [0.2, 0.25) is 0 Å². The van der Waals surface area contributed by atoms with Crippen molar-refractivity contribution in [2.24, 2.45) is 5.92 Å². The van der Waals surface area contributed by atoms with Crippen LogP contribution in [0.1, 0.15) is 26.7 Å². The summed E-state index contributed by atoms with van der Waals surface area (Å²) < 4.78 is 10.6. The third-order valence-electron chi connectivity index (χ3n) is 2.19. The molecule has 1 rings (SSSR count). The van der Waals surface area contributed by atoms with Crippen LogP contribution in [0.25, 0.3) is 0 Å². The van der Waals surface area contributed by atoms with Crippen LogP contribution in [0.3, 0.4) is 0 Å². The Kier molecular flexibility index (Phi) is 2.69. The third kappa shape index (κ3) is 1.50. The molecule has 1 heterocycles. The zero-order chi connectivity index (χ0) is 7.56. The Balaban J connectivity index is 2.36. The lowest BCUT2D eigenvalue weighted by molar-refractivity contribution is -0.115. The Labute approximate surface area is 62.5 Å². The van der Waals surface area contributed by atoms with Crippen molar-refractivity contribution >= 4 is 0 Å². The van der Waals surface area contributed by atoms with E-state index in [0.29, 0.717) is 12.0 Å². The van der Waals surface area contributed by atoms with Gasteiger partial charge in [-0.2, -0.15) is 0 Å². The smallest absolute Gasteiger partial charge is 0.157 e. The Bertz CT molecular complexity index is 103. The molecule has 0 N–H and O–H groups in total. The second kappa shape index (κ2) is 3.35. The first kappa shape index (κ1) is 8.02. The fourth-order valence-electron chi connectivity index (χ4n) is 1.49. The van der Waals surface area contributed by atoms with Crippen molar-refractivity contribution in [1.29, 1.82) is 0 Å². The minimum absolute atomic E-state index is 0.0555. The summed E-state index contributed by atoms with van der Waals surface area (Å²) in [6, 6.07) is 0. The van der Waals surface area contributed by atoms with Gasteiger partial charge in [0.25, 0.3) is 0 Å². The molecule has 2 nitrogen and oxygen atoms in total. The van der Waals surface area contributed by atoms with Gasteiger partial charge in [-0.1, -0.05) is 13.8 Å². The summed E-state index contributed by atoms with van der Waals surface area (Å²) >= 11 is 0. The molecule has 0 aromatic carbocycles. The molecule has 3 atom stereocenters. The van der Waals surface area contributed by atoms with Crippen molar-refractivity contribution in [3.05, 3.63) is 0 Å². The second-order valence-electron chi connectivity index (χ2n) is 2.96. The van der Waals surface area contributed by atoms with E-state index in [1.165, 1.54) is 0 Å². The largest absolute Gasteiger partial charge is 0.356 e. The zero-order valence-electron chi connectivity index (χ0n) is 6.96. The molecule has 0 aliphatic carbocycles. The van der Waals surface area contributed by atoms with Crippen molar-refractivity contribution in [2.45, 2.75) is 39.1 Å². The van der Waals surface area contributed by atoms with Crippen molar-refractivity contribution in [1.82, 2.24) is 0 Å². The molecule has 1 aliphatic rings. The molecule has 2 heteroatoms. The van der Waals surface area contributed by atoms with E-state index in [1.54, 1.807) is 7.11 Å². The predicted octanol–water partition coefficient (Wildman–Crippen LogP) is 1.79. The summed E-state index contributed by atoms with van der Waals surface area (Å²) in [6.45, 7) is 4.37. The molecule has 0 amide bonds. The molecule has 10 heavy (non-hydrogen) atoms. The molecule has 0 saturated carbocycles. The summed E-state index contributed by atoms with van der Waals surface area (Å²) in [6.07, 6.45) is 2.63. The lowest BCUT2D eigenvalue weighted by Gasteiger charge is -2.11. The van der Waals surface area contributed by atoms with Crippen LogP contribution in [0.4, 0.5) is 0 Å². The number of hydrogen-bond acceptors (Lipinski definition) is 2. The normalized spacial score (nSPS) is 40.5. The summed E-state index contributed by atoms with van der Waals surface area (Å²) in [4.78, 5) is 0. The maximum Gasteiger partial charge on any atom is 0.157 e. The van der Waals surface area contributed by atoms with Gasteiger partial charge in [0.15, 0.2) is 6.29 Å². The van der Waals surface area contributed by atoms with Gasteiger partial charge in [0, 0.05) is 13.5 Å².